The molecule has 0 radical (unpaired) electrons. The number of benzene rings is 1. The van der Waals surface area contributed by atoms with E-state index in [9.17, 15) is 0 Å². The third-order valence-corrected chi connectivity index (χ3v) is 3.31. The van der Waals surface area contributed by atoms with Crippen molar-refractivity contribution in [2.75, 3.05) is 18.0 Å². The highest BCUT2D eigenvalue weighted by atomic mass is 79.9. The summed E-state index contributed by atoms with van der Waals surface area (Å²) in [6.45, 7) is 4.08. The Hall–Kier alpha value is -0.540. The molecule has 70 valence electrons. The summed E-state index contributed by atoms with van der Waals surface area (Å²) < 4.78 is 1.17. The van der Waals surface area contributed by atoms with E-state index in [0.29, 0.717) is 6.04 Å². The molecule has 1 heterocycles. The number of rotatable bonds is 1. The molecule has 1 aliphatic rings. The Balaban J connectivity index is 2.18. The molecule has 1 fully saturated rings. The van der Waals surface area contributed by atoms with Crippen molar-refractivity contribution in [3.63, 3.8) is 0 Å². The van der Waals surface area contributed by atoms with Gasteiger partial charge < -0.3 is 10.6 Å². The summed E-state index contributed by atoms with van der Waals surface area (Å²) in [5.41, 5.74) is 8.28. The monoisotopic (exact) mass is 240 g/mol. The molecule has 0 amide bonds. The summed E-state index contributed by atoms with van der Waals surface area (Å²) >= 11 is 3.49. The summed E-state index contributed by atoms with van der Waals surface area (Å²) in [5, 5.41) is 0. The van der Waals surface area contributed by atoms with Gasteiger partial charge in [-0.25, -0.2) is 0 Å². The van der Waals surface area contributed by atoms with Crippen LogP contribution in [0.3, 0.4) is 0 Å². The number of anilines is 1. The fourth-order valence-electron chi connectivity index (χ4n) is 1.55. The highest BCUT2D eigenvalue weighted by Gasteiger charge is 2.22. The zero-order chi connectivity index (χ0) is 9.42. The lowest BCUT2D eigenvalue weighted by Gasteiger charge is -2.39. The average molecular weight is 241 g/mol. The van der Waals surface area contributed by atoms with Gasteiger partial charge in [-0.05, 0) is 30.7 Å². The van der Waals surface area contributed by atoms with Crippen molar-refractivity contribution in [2.45, 2.75) is 13.0 Å². The van der Waals surface area contributed by atoms with Gasteiger partial charge in [0.05, 0.1) is 0 Å². The van der Waals surface area contributed by atoms with Crippen LogP contribution in [0.5, 0.6) is 0 Å². The second-order valence-corrected chi connectivity index (χ2v) is 4.45. The molecule has 0 aliphatic carbocycles. The predicted molar refractivity (Wildman–Crippen MR) is 59.1 cm³/mol. The molecule has 2 rings (SSSR count). The van der Waals surface area contributed by atoms with Gasteiger partial charge in [-0.2, -0.15) is 0 Å². The van der Waals surface area contributed by atoms with Gasteiger partial charge >= 0.3 is 0 Å². The van der Waals surface area contributed by atoms with Crippen LogP contribution in [0.15, 0.2) is 22.7 Å². The van der Waals surface area contributed by atoms with E-state index in [2.05, 4.69) is 46.0 Å². The van der Waals surface area contributed by atoms with Crippen LogP contribution in [0.1, 0.15) is 5.56 Å². The highest BCUT2D eigenvalue weighted by Crippen LogP contribution is 2.25. The minimum absolute atomic E-state index is 0.365. The molecule has 0 saturated carbocycles. The van der Waals surface area contributed by atoms with E-state index >= 15 is 0 Å². The van der Waals surface area contributed by atoms with Gasteiger partial charge in [-0.3, -0.25) is 0 Å². The molecule has 1 aromatic rings. The molecule has 1 aromatic carbocycles. The number of aryl methyl sites for hydroxylation is 1. The first kappa shape index (κ1) is 9.03. The molecular formula is C10H13BrN2. The van der Waals surface area contributed by atoms with Gasteiger partial charge in [0.1, 0.15) is 0 Å². The molecule has 2 N–H and O–H groups in total. The molecule has 1 aliphatic heterocycles. The molecule has 0 bridgehead atoms. The molecule has 0 atom stereocenters. The second kappa shape index (κ2) is 3.31. The molecule has 13 heavy (non-hydrogen) atoms. The van der Waals surface area contributed by atoms with E-state index < -0.39 is 0 Å². The number of nitrogens with zero attached hydrogens (tertiary/aromatic N) is 1. The predicted octanol–water partition coefficient (Wildman–Crippen LogP) is 1.90. The van der Waals surface area contributed by atoms with Gasteiger partial charge in [-0.15, -0.1) is 0 Å². The van der Waals surface area contributed by atoms with Gasteiger partial charge in [0.25, 0.3) is 0 Å². The van der Waals surface area contributed by atoms with Crippen molar-refractivity contribution in [2.24, 2.45) is 5.73 Å². The largest absolute Gasteiger partial charge is 0.368 e. The summed E-state index contributed by atoms with van der Waals surface area (Å²) in [6, 6.07) is 6.77. The minimum Gasteiger partial charge on any atom is -0.368 e. The first-order valence-corrected chi connectivity index (χ1v) is 5.23. The van der Waals surface area contributed by atoms with Crippen LogP contribution in [0.25, 0.3) is 0 Å². The lowest BCUT2D eigenvalue weighted by atomic mass is 10.1. The Morgan fingerprint density at radius 3 is 2.69 bits per heavy atom. The van der Waals surface area contributed by atoms with Gasteiger partial charge in [0.2, 0.25) is 0 Å². The zero-order valence-electron chi connectivity index (χ0n) is 7.63. The molecule has 1 saturated heterocycles. The standard InChI is InChI=1S/C10H13BrN2/c1-7-4-9(2-3-10(7)11)13-5-8(12)6-13/h2-4,8H,5-6,12H2,1H3. The molecule has 2 nitrogen and oxygen atoms in total. The van der Waals surface area contributed by atoms with Gasteiger partial charge in [0, 0.05) is 29.3 Å². The summed E-state index contributed by atoms with van der Waals surface area (Å²) in [4.78, 5) is 2.30. The van der Waals surface area contributed by atoms with Crippen molar-refractivity contribution >= 4 is 21.6 Å². The van der Waals surface area contributed by atoms with E-state index in [1.54, 1.807) is 0 Å². The van der Waals surface area contributed by atoms with Crippen molar-refractivity contribution in [3.8, 4) is 0 Å². The summed E-state index contributed by atoms with van der Waals surface area (Å²) in [7, 11) is 0. The third-order valence-electron chi connectivity index (χ3n) is 2.42. The first-order valence-electron chi connectivity index (χ1n) is 4.43. The van der Waals surface area contributed by atoms with Gasteiger partial charge in [0.15, 0.2) is 0 Å². The Morgan fingerprint density at radius 2 is 2.15 bits per heavy atom. The van der Waals surface area contributed by atoms with Crippen LogP contribution in [-0.2, 0) is 0 Å². The Morgan fingerprint density at radius 1 is 1.46 bits per heavy atom. The van der Waals surface area contributed by atoms with E-state index in [0.717, 1.165) is 13.1 Å². The van der Waals surface area contributed by atoms with Crippen molar-refractivity contribution in [1.29, 1.82) is 0 Å². The van der Waals surface area contributed by atoms with Crippen LogP contribution < -0.4 is 10.6 Å². The fourth-order valence-corrected chi connectivity index (χ4v) is 1.80. The number of hydrogen-bond acceptors (Lipinski definition) is 2. The average Bonchev–Trinajstić information content (AvgIpc) is 2.05. The molecule has 0 aromatic heterocycles. The maximum Gasteiger partial charge on any atom is 0.0395 e. The van der Waals surface area contributed by atoms with Crippen molar-refractivity contribution in [1.82, 2.24) is 0 Å². The maximum absolute atomic E-state index is 5.72. The van der Waals surface area contributed by atoms with Crippen molar-refractivity contribution < 1.29 is 0 Å². The second-order valence-electron chi connectivity index (χ2n) is 3.60. The maximum atomic E-state index is 5.72. The van der Waals surface area contributed by atoms with Crippen LogP contribution in [0.4, 0.5) is 5.69 Å². The summed E-state index contributed by atoms with van der Waals surface area (Å²) in [6.07, 6.45) is 0. The zero-order valence-corrected chi connectivity index (χ0v) is 9.21. The minimum atomic E-state index is 0.365. The van der Waals surface area contributed by atoms with Crippen LogP contribution >= 0.6 is 15.9 Å². The lowest BCUT2D eigenvalue weighted by Crippen LogP contribution is -2.55. The van der Waals surface area contributed by atoms with Gasteiger partial charge in [-0.1, -0.05) is 15.9 Å². The molecule has 3 heteroatoms. The fraction of sp³-hybridized carbons (Fsp3) is 0.400. The number of halogens is 1. The Kier molecular flexibility index (Phi) is 2.30. The number of nitrogens with two attached hydrogens (primary N) is 1. The topological polar surface area (TPSA) is 29.3 Å². The van der Waals surface area contributed by atoms with E-state index in [1.165, 1.54) is 15.7 Å². The number of hydrogen-bond donors (Lipinski definition) is 1. The molecular weight excluding hydrogens is 228 g/mol. The SMILES string of the molecule is Cc1cc(N2CC(N)C2)ccc1Br. The van der Waals surface area contributed by atoms with E-state index in [1.807, 2.05) is 0 Å². The normalized spacial score (nSPS) is 17.3. The molecule has 0 unspecified atom stereocenters. The first-order chi connectivity index (χ1) is 6.16. The Bertz CT molecular complexity index is 319. The Labute approximate surface area is 86.9 Å². The lowest BCUT2D eigenvalue weighted by molar-refractivity contribution is 0.519. The third kappa shape index (κ3) is 1.71. The summed E-state index contributed by atoms with van der Waals surface area (Å²) in [5.74, 6) is 0. The smallest absolute Gasteiger partial charge is 0.0395 e. The van der Waals surface area contributed by atoms with Crippen molar-refractivity contribution in [3.05, 3.63) is 28.2 Å². The highest BCUT2D eigenvalue weighted by molar-refractivity contribution is 9.10. The van der Waals surface area contributed by atoms with E-state index in [-0.39, 0.29) is 0 Å². The molecule has 0 spiro atoms. The van der Waals surface area contributed by atoms with Crippen LogP contribution in [0, 0.1) is 6.92 Å². The van der Waals surface area contributed by atoms with Crippen LogP contribution in [-0.4, -0.2) is 19.1 Å². The van der Waals surface area contributed by atoms with E-state index in [4.69, 9.17) is 5.73 Å². The quantitative estimate of drug-likeness (QED) is 0.813. The van der Waals surface area contributed by atoms with Crippen LogP contribution in [0.2, 0.25) is 0 Å².